The van der Waals surface area contributed by atoms with Gasteiger partial charge in [-0.15, -0.1) is 0 Å². The number of aromatic amines is 1. The van der Waals surface area contributed by atoms with Crippen LogP contribution in [0.25, 0.3) is 16.9 Å². The number of rotatable bonds is 6. The van der Waals surface area contributed by atoms with Crippen molar-refractivity contribution in [1.82, 2.24) is 29.8 Å². The van der Waals surface area contributed by atoms with E-state index in [1.54, 1.807) is 30.6 Å². The molecule has 0 fully saturated rings. The number of hydrogen-bond donors (Lipinski definition) is 2. The Morgan fingerprint density at radius 3 is 2.44 bits per heavy atom. The number of carbonyl (C=O) groups excluding carboxylic acids is 1. The zero-order chi connectivity index (χ0) is 22.7. The molecule has 0 atom stereocenters. The van der Waals surface area contributed by atoms with Crippen molar-refractivity contribution in [3.05, 3.63) is 75.0 Å². The van der Waals surface area contributed by atoms with E-state index in [0.717, 1.165) is 10.1 Å². The number of fused-ring (bicyclic) bond motifs is 1. The molecule has 4 aromatic rings. The largest absolute Gasteiger partial charge is 0.481 e. The number of nitrogens with one attached hydrogen (secondary N) is 2. The second-order valence-corrected chi connectivity index (χ2v) is 7.01. The van der Waals surface area contributed by atoms with E-state index in [-0.39, 0.29) is 28.4 Å². The van der Waals surface area contributed by atoms with Crippen LogP contribution in [-0.4, -0.2) is 44.6 Å². The number of carbonyl (C=O) groups is 1. The van der Waals surface area contributed by atoms with Crippen LogP contribution in [0.4, 0.5) is 0 Å². The average Bonchev–Trinajstić information content (AvgIpc) is 2.82. The minimum absolute atomic E-state index is 0.00789. The Morgan fingerprint density at radius 2 is 1.78 bits per heavy atom. The first kappa shape index (κ1) is 21.1. The molecule has 0 aliphatic rings. The topological polar surface area (TPSA) is 124 Å². The minimum Gasteiger partial charge on any atom is -0.481 e. The Bertz CT molecular complexity index is 1400. The molecular weight excluding hydrogens is 432 g/mol. The van der Waals surface area contributed by atoms with Crippen molar-refractivity contribution < 1.29 is 14.3 Å². The van der Waals surface area contributed by atoms with Gasteiger partial charge in [-0.2, -0.15) is 9.97 Å². The van der Waals surface area contributed by atoms with E-state index in [2.05, 4.69) is 25.3 Å². The summed E-state index contributed by atoms with van der Waals surface area (Å²) in [7, 11) is 2.88. The van der Waals surface area contributed by atoms with Crippen LogP contribution in [0.5, 0.6) is 11.8 Å². The van der Waals surface area contributed by atoms with Gasteiger partial charge in [0.2, 0.25) is 17.7 Å². The molecule has 0 saturated carbocycles. The maximum absolute atomic E-state index is 13.1. The summed E-state index contributed by atoms with van der Waals surface area (Å²) in [6, 6.07) is 9.81. The number of benzene rings is 1. The molecule has 32 heavy (non-hydrogen) atoms. The lowest BCUT2D eigenvalue weighted by Gasteiger charge is -2.10. The summed E-state index contributed by atoms with van der Waals surface area (Å²) in [5.41, 5.74) is 1.28. The fourth-order valence-corrected chi connectivity index (χ4v) is 3.30. The molecule has 1 amide bonds. The van der Waals surface area contributed by atoms with Crippen molar-refractivity contribution in [2.75, 3.05) is 14.2 Å². The zero-order valence-electron chi connectivity index (χ0n) is 17.2. The molecule has 2 N–H and O–H groups in total. The van der Waals surface area contributed by atoms with Crippen LogP contribution in [0.2, 0.25) is 0 Å². The third-order valence-corrected chi connectivity index (χ3v) is 4.93. The third kappa shape index (κ3) is 4.18. The van der Waals surface area contributed by atoms with E-state index >= 15 is 0 Å². The highest BCUT2D eigenvalue weighted by molar-refractivity contribution is 7.71. The number of aromatic nitrogens is 5. The first-order chi connectivity index (χ1) is 15.5. The number of nitrogens with zero attached hydrogens (tertiary/aromatic N) is 4. The minimum atomic E-state index is -0.442. The van der Waals surface area contributed by atoms with Crippen molar-refractivity contribution in [2.45, 2.75) is 6.54 Å². The SMILES string of the molecule is COc1cc(OC)nc(-n2c(=S)[nH]c3cc(C(=O)NCc4ccncc4)ccc3c2=O)n1. The predicted molar refractivity (Wildman–Crippen MR) is 119 cm³/mol. The van der Waals surface area contributed by atoms with Gasteiger partial charge in [0.1, 0.15) is 0 Å². The van der Waals surface area contributed by atoms with Crippen LogP contribution >= 0.6 is 12.2 Å². The van der Waals surface area contributed by atoms with Gasteiger partial charge in [0.15, 0.2) is 4.77 Å². The van der Waals surface area contributed by atoms with Gasteiger partial charge >= 0.3 is 0 Å². The highest BCUT2D eigenvalue weighted by Gasteiger charge is 2.15. The summed E-state index contributed by atoms with van der Waals surface area (Å²) in [6.45, 7) is 0.353. The number of amides is 1. The maximum atomic E-state index is 13.1. The number of ether oxygens (including phenoxy) is 2. The van der Waals surface area contributed by atoms with Gasteiger partial charge in [0, 0.05) is 24.5 Å². The molecule has 4 rings (SSSR count). The molecule has 0 radical (unpaired) electrons. The van der Waals surface area contributed by atoms with Crippen LogP contribution in [-0.2, 0) is 6.54 Å². The molecule has 10 nitrogen and oxygen atoms in total. The van der Waals surface area contributed by atoms with Gasteiger partial charge in [0.25, 0.3) is 11.5 Å². The first-order valence-electron chi connectivity index (χ1n) is 9.44. The lowest BCUT2D eigenvalue weighted by molar-refractivity contribution is 0.0951. The Balaban J connectivity index is 1.70. The van der Waals surface area contributed by atoms with Crippen LogP contribution in [0.15, 0.2) is 53.6 Å². The summed E-state index contributed by atoms with van der Waals surface area (Å²) < 4.78 is 11.5. The summed E-state index contributed by atoms with van der Waals surface area (Å²) in [4.78, 5) is 41.0. The van der Waals surface area contributed by atoms with E-state index in [4.69, 9.17) is 21.7 Å². The van der Waals surface area contributed by atoms with Crippen LogP contribution in [0.3, 0.4) is 0 Å². The summed E-state index contributed by atoms with van der Waals surface area (Å²) >= 11 is 5.37. The summed E-state index contributed by atoms with van der Waals surface area (Å²) in [6.07, 6.45) is 3.31. The van der Waals surface area contributed by atoms with Crippen molar-refractivity contribution in [2.24, 2.45) is 0 Å². The summed E-state index contributed by atoms with van der Waals surface area (Å²) in [5.74, 6) is 0.158. The van der Waals surface area contributed by atoms with Crippen LogP contribution in [0, 0.1) is 4.77 Å². The molecule has 11 heteroatoms. The fraction of sp³-hybridized carbons (Fsp3) is 0.143. The smallest absolute Gasteiger partial charge is 0.269 e. The highest BCUT2D eigenvalue weighted by atomic mass is 32.1. The first-order valence-corrected chi connectivity index (χ1v) is 9.84. The van der Waals surface area contributed by atoms with Crippen molar-refractivity contribution in [3.63, 3.8) is 0 Å². The van der Waals surface area contributed by atoms with Crippen LogP contribution in [0.1, 0.15) is 15.9 Å². The Labute approximate surface area is 186 Å². The number of hydrogen-bond acceptors (Lipinski definition) is 8. The second kappa shape index (κ2) is 8.94. The molecule has 0 aliphatic carbocycles. The molecule has 0 spiro atoms. The Morgan fingerprint density at radius 1 is 1.09 bits per heavy atom. The van der Waals surface area contributed by atoms with Gasteiger partial charge < -0.3 is 19.8 Å². The van der Waals surface area contributed by atoms with Crippen molar-refractivity contribution in [3.8, 4) is 17.7 Å². The standard InChI is InChI=1S/C21H18N6O4S/c1-30-16-10-17(31-2)26-20(25-16)27-19(29)14-4-3-13(9-15(14)24-21(27)32)18(28)23-11-12-5-7-22-8-6-12/h3-10H,11H2,1-2H3,(H,23,28)(H,24,32). The fourth-order valence-electron chi connectivity index (χ4n) is 3.03. The van der Waals surface area contributed by atoms with Crippen molar-refractivity contribution in [1.29, 1.82) is 0 Å². The van der Waals surface area contributed by atoms with E-state index < -0.39 is 5.56 Å². The molecule has 0 saturated heterocycles. The lowest BCUT2D eigenvalue weighted by Crippen LogP contribution is -2.24. The third-order valence-electron chi connectivity index (χ3n) is 4.65. The average molecular weight is 450 g/mol. The van der Waals surface area contributed by atoms with Gasteiger partial charge in [-0.3, -0.25) is 14.6 Å². The molecule has 1 aromatic carbocycles. The Hall–Kier alpha value is -4.12. The van der Waals surface area contributed by atoms with Gasteiger partial charge in [-0.25, -0.2) is 4.57 Å². The number of H-pyrrole nitrogens is 1. The highest BCUT2D eigenvalue weighted by Crippen LogP contribution is 2.18. The molecule has 0 bridgehead atoms. The molecule has 3 aromatic heterocycles. The zero-order valence-corrected chi connectivity index (χ0v) is 18.0. The maximum Gasteiger partial charge on any atom is 0.269 e. The molecule has 0 unspecified atom stereocenters. The summed E-state index contributed by atoms with van der Waals surface area (Å²) in [5, 5.41) is 3.15. The predicted octanol–water partition coefficient (Wildman–Crippen LogP) is 2.18. The molecule has 3 heterocycles. The van der Waals surface area contributed by atoms with Crippen molar-refractivity contribution >= 4 is 29.0 Å². The van der Waals surface area contributed by atoms with E-state index in [0.29, 0.717) is 23.0 Å². The van der Waals surface area contributed by atoms with E-state index in [9.17, 15) is 9.59 Å². The van der Waals surface area contributed by atoms with Gasteiger partial charge in [-0.05, 0) is 48.1 Å². The van der Waals surface area contributed by atoms with Crippen LogP contribution < -0.4 is 20.3 Å². The van der Waals surface area contributed by atoms with Gasteiger partial charge in [0.05, 0.1) is 31.2 Å². The molecule has 0 aliphatic heterocycles. The molecular formula is C21H18N6O4S. The second-order valence-electron chi connectivity index (χ2n) is 6.62. The molecule has 162 valence electrons. The number of methoxy groups -OCH3 is 2. The van der Waals surface area contributed by atoms with Gasteiger partial charge in [-0.1, -0.05) is 0 Å². The van der Waals surface area contributed by atoms with E-state index in [1.807, 2.05) is 12.1 Å². The quantitative estimate of drug-likeness (QED) is 0.429. The number of pyridine rings is 1. The monoisotopic (exact) mass is 450 g/mol. The van der Waals surface area contributed by atoms with E-state index in [1.165, 1.54) is 20.3 Å². The lowest BCUT2D eigenvalue weighted by atomic mass is 10.1. The Kier molecular flexibility index (Phi) is 5.90. The normalized spacial score (nSPS) is 10.7.